The normalized spacial score (nSPS) is 12.1. The van der Waals surface area contributed by atoms with E-state index in [0.717, 1.165) is 16.8 Å². The van der Waals surface area contributed by atoms with Crippen molar-refractivity contribution in [3.63, 3.8) is 0 Å². The number of aromatic nitrogens is 3. The second kappa shape index (κ2) is 7.27. The van der Waals surface area contributed by atoms with Gasteiger partial charge in [-0.1, -0.05) is 36.4 Å². The lowest BCUT2D eigenvalue weighted by Gasteiger charge is -2.13. The maximum Gasteiger partial charge on any atom is 0.325 e. The Balaban J connectivity index is 1.73. The van der Waals surface area contributed by atoms with Crippen LogP contribution in [-0.4, -0.2) is 26.1 Å². The van der Waals surface area contributed by atoms with Crippen molar-refractivity contribution in [3.8, 4) is 5.69 Å². The fourth-order valence-electron chi connectivity index (χ4n) is 2.77. The molecule has 0 bridgehead atoms. The number of benzene rings is 2. The quantitative estimate of drug-likeness (QED) is 0.723. The van der Waals surface area contributed by atoms with Gasteiger partial charge in [-0.05, 0) is 42.7 Å². The first-order valence-corrected chi connectivity index (χ1v) is 8.04. The first-order valence-electron chi connectivity index (χ1n) is 8.04. The third kappa shape index (κ3) is 4.10. The van der Waals surface area contributed by atoms with Crippen LogP contribution in [0.1, 0.15) is 28.4 Å². The summed E-state index contributed by atoms with van der Waals surface area (Å²) in [7, 11) is 0. The van der Waals surface area contributed by atoms with Crippen molar-refractivity contribution in [2.24, 2.45) is 0 Å². The number of carbonyl (C=O) groups is 1. The van der Waals surface area contributed by atoms with Gasteiger partial charge in [0.15, 0.2) is 0 Å². The van der Waals surface area contributed by atoms with E-state index in [-0.39, 0.29) is 0 Å². The van der Waals surface area contributed by atoms with Gasteiger partial charge in [-0.2, -0.15) is 15.0 Å². The third-order valence-electron chi connectivity index (χ3n) is 3.84. The SMILES string of the molecule is Cc1cc(C)cc(-n2ncc(CN[C@@H](C(=O)O)c3ccccc3)n2)c1. The average molecular weight is 336 g/mol. The molecule has 3 rings (SSSR count). The zero-order chi connectivity index (χ0) is 17.8. The van der Waals surface area contributed by atoms with Gasteiger partial charge in [0.1, 0.15) is 6.04 Å². The molecular formula is C19H20N4O2. The van der Waals surface area contributed by atoms with Crippen LogP contribution in [0.25, 0.3) is 5.69 Å². The molecule has 128 valence electrons. The number of carboxylic acid groups (broad SMARTS) is 1. The van der Waals surface area contributed by atoms with Gasteiger partial charge >= 0.3 is 5.97 Å². The minimum atomic E-state index is -0.923. The molecule has 6 nitrogen and oxygen atoms in total. The number of rotatable bonds is 6. The van der Waals surface area contributed by atoms with Crippen molar-refractivity contribution in [3.05, 3.63) is 77.1 Å². The molecule has 2 aromatic carbocycles. The second-order valence-electron chi connectivity index (χ2n) is 6.03. The molecule has 0 aliphatic heterocycles. The van der Waals surface area contributed by atoms with Crippen LogP contribution >= 0.6 is 0 Å². The highest BCUT2D eigenvalue weighted by Crippen LogP contribution is 2.14. The summed E-state index contributed by atoms with van der Waals surface area (Å²) in [6.07, 6.45) is 1.65. The van der Waals surface area contributed by atoms with E-state index in [1.807, 2.05) is 44.2 Å². The monoisotopic (exact) mass is 336 g/mol. The molecule has 3 aromatic rings. The Labute approximate surface area is 146 Å². The summed E-state index contributed by atoms with van der Waals surface area (Å²) < 4.78 is 0. The zero-order valence-electron chi connectivity index (χ0n) is 14.2. The van der Waals surface area contributed by atoms with Crippen molar-refractivity contribution in [2.75, 3.05) is 0 Å². The van der Waals surface area contributed by atoms with Crippen molar-refractivity contribution in [2.45, 2.75) is 26.4 Å². The molecule has 25 heavy (non-hydrogen) atoms. The predicted molar refractivity (Wildman–Crippen MR) is 94.5 cm³/mol. The van der Waals surface area contributed by atoms with Gasteiger partial charge in [0.2, 0.25) is 0 Å². The van der Waals surface area contributed by atoms with E-state index in [1.54, 1.807) is 23.1 Å². The Morgan fingerprint density at radius 3 is 2.48 bits per heavy atom. The highest BCUT2D eigenvalue weighted by atomic mass is 16.4. The Morgan fingerprint density at radius 1 is 1.16 bits per heavy atom. The fraction of sp³-hybridized carbons (Fsp3) is 0.211. The molecular weight excluding hydrogens is 316 g/mol. The molecule has 0 aliphatic carbocycles. The molecule has 1 heterocycles. The van der Waals surface area contributed by atoms with Crippen LogP contribution in [0.4, 0.5) is 0 Å². The molecule has 2 N–H and O–H groups in total. The third-order valence-corrected chi connectivity index (χ3v) is 3.84. The van der Waals surface area contributed by atoms with Crippen LogP contribution in [0.3, 0.4) is 0 Å². The van der Waals surface area contributed by atoms with E-state index in [9.17, 15) is 9.90 Å². The van der Waals surface area contributed by atoms with E-state index in [2.05, 4.69) is 21.6 Å². The number of nitrogens with one attached hydrogen (secondary N) is 1. The average Bonchev–Trinajstić information content (AvgIpc) is 3.04. The molecule has 0 fully saturated rings. The van der Waals surface area contributed by atoms with Gasteiger partial charge in [-0.15, -0.1) is 0 Å². The van der Waals surface area contributed by atoms with E-state index in [4.69, 9.17) is 0 Å². The van der Waals surface area contributed by atoms with Gasteiger partial charge in [0.05, 0.1) is 17.6 Å². The van der Waals surface area contributed by atoms with Crippen LogP contribution < -0.4 is 5.32 Å². The Morgan fingerprint density at radius 2 is 1.84 bits per heavy atom. The van der Waals surface area contributed by atoms with Crippen molar-refractivity contribution in [1.29, 1.82) is 0 Å². The molecule has 0 radical (unpaired) electrons. The van der Waals surface area contributed by atoms with Crippen molar-refractivity contribution >= 4 is 5.97 Å². The molecule has 1 atom stereocenters. The lowest BCUT2D eigenvalue weighted by molar-refractivity contribution is -0.139. The van der Waals surface area contributed by atoms with Gasteiger partial charge < -0.3 is 5.11 Å². The van der Waals surface area contributed by atoms with E-state index in [1.165, 1.54) is 0 Å². The van der Waals surface area contributed by atoms with Crippen molar-refractivity contribution in [1.82, 2.24) is 20.3 Å². The summed E-state index contributed by atoms with van der Waals surface area (Å²) in [5.74, 6) is -0.923. The number of aliphatic carboxylic acids is 1. The second-order valence-corrected chi connectivity index (χ2v) is 6.03. The Hall–Kier alpha value is -2.99. The highest BCUT2D eigenvalue weighted by molar-refractivity contribution is 5.75. The number of aryl methyl sites for hydroxylation is 2. The summed E-state index contributed by atoms with van der Waals surface area (Å²) in [6.45, 7) is 4.37. The molecule has 0 unspecified atom stereocenters. The minimum absolute atomic E-state index is 0.316. The maximum absolute atomic E-state index is 11.5. The first kappa shape index (κ1) is 16.9. The number of hydrogen-bond acceptors (Lipinski definition) is 4. The maximum atomic E-state index is 11.5. The van der Waals surface area contributed by atoms with Crippen LogP contribution in [0.2, 0.25) is 0 Å². The number of nitrogens with zero attached hydrogens (tertiary/aromatic N) is 3. The summed E-state index contributed by atoms with van der Waals surface area (Å²) in [4.78, 5) is 13.1. The summed E-state index contributed by atoms with van der Waals surface area (Å²) >= 11 is 0. The fourth-order valence-corrected chi connectivity index (χ4v) is 2.77. The first-order chi connectivity index (χ1) is 12.0. The molecule has 0 amide bonds. The van der Waals surface area contributed by atoms with E-state index in [0.29, 0.717) is 17.8 Å². The van der Waals surface area contributed by atoms with Crippen LogP contribution in [0.15, 0.2) is 54.7 Å². The van der Waals surface area contributed by atoms with Gasteiger partial charge in [0.25, 0.3) is 0 Å². The molecule has 1 aromatic heterocycles. The van der Waals surface area contributed by atoms with Gasteiger partial charge in [-0.3, -0.25) is 10.1 Å². The van der Waals surface area contributed by atoms with Crippen molar-refractivity contribution < 1.29 is 9.90 Å². The van der Waals surface area contributed by atoms with Crippen LogP contribution in [-0.2, 0) is 11.3 Å². The van der Waals surface area contributed by atoms with Gasteiger partial charge in [0, 0.05) is 6.54 Å². The largest absolute Gasteiger partial charge is 0.480 e. The molecule has 0 spiro atoms. The smallest absolute Gasteiger partial charge is 0.325 e. The topological polar surface area (TPSA) is 80.0 Å². The zero-order valence-corrected chi connectivity index (χ0v) is 14.2. The number of carboxylic acids is 1. The Kier molecular flexibility index (Phi) is 4.90. The molecule has 0 saturated carbocycles. The van der Waals surface area contributed by atoms with Crippen LogP contribution in [0, 0.1) is 13.8 Å². The lowest BCUT2D eigenvalue weighted by atomic mass is 10.1. The predicted octanol–water partition coefficient (Wildman–Crippen LogP) is 2.80. The van der Waals surface area contributed by atoms with Crippen LogP contribution in [0.5, 0.6) is 0 Å². The minimum Gasteiger partial charge on any atom is -0.480 e. The number of hydrogen-bond donors (Lipinski definition) is 2. The highest BCUT2D eigenvalue weighted by Gasteiger charge is 2.19. The summed E-state index contributed by atoms with van der Waals surface area (Å²) in [5, 5.41) is 21.2. The van der Waals surface area contributed by atoms with E-state index < -0.39 is 12.0 Å². The Bertz CT molecular complexity index is 854. The van der Waals surface area contributed by atoms with E-state index >= 15 is 0 Å². The molecule has 0 aliphatic rings. The summed E-state index contributed by atoms with van der Waals surface area (Å²) in [6, 6.07) is 14.4. The standard InChI is InChI=1S/C19H20N4O2/c1-13-8-14(2)10-17(9-13)23-21-12-16(22-23)11-20-18(19(24)25)15-6-4-3-5-7-15/h3-10,12,18,20H,11H2,1-2H3,(H,24,25)/t18-/m1/s1. The lowest BCUT2D eigenvalue weighted by Crippen LogP contribution is -2.28. The molecule has 0 saturated heterocycles. The molecule has 6 heteroatoms. The van der Waals surface area contributed by atoms with Gasteiger partial charge in [-0.25, -0.2) is 0 Å². The summed E-state index contributed by atoms with van der Waals surface area (Å²) in [5.41, 5.74) is 4.56.